The number of ether oxygens (including phenoxy) is 2. The van der Waals surface area contributed by atoms with E-state index in [1.165, 1.54) is 5.56 Å². The van der Waals surface area contributed by atoms with Crippen molar-refractivity contribution in [2.45, 2.75) is 32.7 Å². The number of aryl methyl sites for hydroxylation is 2. The van der Waals surface area contributed by atoms with Crippen molar-refractivity contribution in [3.05, 3.63) is 83.7 Å². The fourth-order valence-corrected chi connectivity index (χ4v) is 4.82. The molecule has 0 saturated carbocycles. The fraction of sp³-hybridized carbons (Fsp3) is 0.286. The number of imidazole rings is 1. The van der Waals surface area contributed by atoms with Crippen LogP contribution in [0.5, 0.6) is 11.5 Å². The number of fused-ring (bicyclic) bond motifs is 1. The van der Waals surface area contributed by atoms with Crippen LogP contribution in [0.2, 0.25) is 0 Å². The Hall–Kier alpha value is -3.80. The van der Waals surface area contributed by atoms with Gasteiger partial charge in [-0.1, -0.05) is 42.0 Å². The third kappa shape index (κ3) is 4.12. The van der Waals surface area contributed by atoms with Gasteiger partial charge in [-0.2, -0.15) is 0 Å². The largest absolute Gasteiger partial charge is 0.495 e. The minimum atomic E-state index is -0.00840. The van der Waals surface area contributed by atoms with Gasteiger partial charge in [0.15, 0.2) is 0 Å². The molecule has 1 fully saturated rings. The summed E-state index contributed by atoms with van der Waals surface area (Å²) in [5.41, 5.74) is 5.15. The zero-order chi connectivity index (χ0) is 23.7. The van der Waals surface area contributed by atoms with Crippen molar-refractivity contribution in [3.63, 3.8) is 0 Å². The van der Waals surface area contributed by atoms with Gasteiger partial charge < -0.3 is 18.9 Å². The van der Waals surface area contributed by atoms with Crippen molar-refractivity contribution in [3.8, 4) is 11.5 Å². The number of methoxy groups -OCH3 is 1. The number of hydrogen-bond acceptors (Lipinski definition) is 4. The van der Waals surface area contributed by atoms with E-state index < -0.39 is 0 Å². The Morgan fingerprint density at radius 2 is 1.79 bits per heavy atom. The van der Waals surface area contributed by atoms with E-state index in [4.69, 9.17) is 14.5 Å². The van der Waals surface area contributed by atoms with E-state index in [9.17, 15) is 4.79 Å². The molecule has 0 unspecified atom stereocenters. The molecule has 0 spiro atoms. The predicted octanol–water partition coefficient (Wildman–Crippen LogP) is 5.26. The topological polar surface area (TPSA) is 56.6 Å². The third-order valence-corrected chi connectivity index (χ3v) is 6.45. The summed E-state index contributed by atoms with van der Waals surface area (Å²) in [5, 5.41) is 0. The van der Waals surface area contributed by atoms with Crippen LogP contribution in [0.4, 0.5) is 5.69 Å². The molecule has 1 aliphatic rings. The number of aromatic nitrogens is 2. The number of amides is 1. The lowest BCUT2D eigenvalue weighted by Gasteiger charge is -2.20. The fourth-order valence-electron chi connectivity index (χ4n) is 4.82. The van der Waals surface area contributed by atoms with Crippen molar-refractivity contribution in [2.75, 3.05) is 25.2 Å². The predicted molar refractivity (Wildman–Crippen MR) is 134 cm³/mol. The maximum atomic E-state index is 13.0. The number of rotatable bonds is 7. The summed E-state index contributed by atoms with van der Waals surface area (Å²) in [6, 6.07) is 22.0. The SMILES string of the molecule is COc1ccccc1N1C[C@H](c2nc3ccccc3n2CCOc2ccc(C)cc2C)CC1=O. The zero-order valence-corrected chi connectivity index (χ0v) is 19.8. The normalized spacial score (nSPS) is 15.8. The molecule has 1 amide bonds. The van der Waals surface area contributed by atoms with Crippen LogP contribution in [0.3, 0.4) is 0 Å². The summed E-state index contributed by atoms with van der Waals surface area (Å²) >= 11 is 0. The molecule has 4 aromatic rings. The number of nitrogens with zero attached hydrogens (tertiary/aromatic N) is 3. The first kappa shape index (κ1) is 22.0. The minimum Gasteiger partial charge on any atom is -0.495 e. The molecule has 5 rings (SSSR count). The highest BCUT2D eigenvalue weighted by atomic mass is 16.5. The van der Waals surface area contributed by atoms with Crippen LogP contribution in [0.1, 0.15) is 29.3 Å². The molecule has 1 atom stereocenters. The minimum absolute atomic E-state index is 0.00840. The third-order valence-electron chi connectivity index (χ3n) is 6.45. The van der Waals surface area contributed by atoms with E-state index in [1.54, 1.807) is 7.11 Å². The highest BCUT2D eigenvalue weighted by molar-refractivity contribution is 5.97. The van der Waals surface area contributed by atoms with Gasteiger partial charge in [-0.15, -0.1) is 0 Å². The van der Waals surface area contributed by atoms with Crippen molar-refractivity contribution < 1.29 is 14.3 Å². The maximum absolute atomic E-state index is 13.0. The average Bonchev–Trinajstić information content (AvgIpc) is 3.41. The van der Waals surface area contributed by atoms with Crippen LogP contribution < -0.4 is 14.4 Å². The summed E-state index contributed by atoms with van der Waals surface area (Å²) in [6.45, 7) is 5.89. The first-order valence-electron chi connectivity index (χ1n) is 11.6. The van der Waals surface area contributed by atoms with Crippen molar-refractivity contribution in [2.24, 2.45) is 0 Å². The molecule has 6 heteroatoms. The number of benzene rings is 3. The lowest BCUT2D eigenvalue weighted by Crippen LogP contribution is -2.25. The number of carbonyl (C=O) groups is 1. The molecule has 0 N–H and O–H groups in total. The maximum Gasteiger partial charge on any atom is 0.227 e. The summed E-state index contributed by atoms with van der Waals surface area (Å²) in [4.78, 5) is 19.8. The van der Waals surface area contributed by atoms with E-state index in [-0.39, 0.29) is 11.8 Å². The van der Waals surface area contributed by atoms with Gasteiger partial charge in [0.05, 0.1) is 30.4 Å². The van der Waals surface area contributed by atoms with E-state index in [0.717, 1.165) is 33.9 Å². The van der Waals surface area contributed by atoms with E-state index in [1.807, 2.05) is 53.4 Å². The second-order valence-corrected chi connectivity index (χ2v) is 8.81. The molecule has 2 heterocycles. The van der Waals surface area contributed by atoms with E-state index in [2.05, 4.69) is 36.6 Å². The van der Waals surface area contributed by atoms with Crippen LogP contribution >= 0.6 is 0 Å². The Bertz CT molecular complexity index is 1340. The van der Waals surface area contributed by atoms with Gasteiger partial charge in [0.1, 0.15) is 23.9 Å². The second kappa shape index (κ2) is 9.21. The zero-order valence-electron chi connectivity index (χ0n) is 19.8. The molecule has 174 valence electrons. The van der Waals surface area contributed by atoms with Gasteiger partial charge in [-0.05, 0) is 49.7 Å². The monoisotopic (exact) mass is 455 g/mol. The van der Waals surface area contributed by atoms with Crippen molar-refractivity contribution >= 4 is 22.6 Å². The first-order valence-corrected chi connectivity index (χ1v) is 11.6. The molecule has 0 radical (unpaired) electrons. The number of carbonyl (C=O) groups excluding carboxylic acids is 1. The summed E-state index contributed by atoms with van der Waals surface area (Å²) < 4.78 is 13.8. The van der Waals surface area contributed by atoms with Crippen LogP contribution in [0.15, 0.2) is 66.7 Å². The molecule has 0 bridgehead atoms. The molecule has 3 aromatic carbocycles. The summed E-state index contributed by atoms with van der Waals surface area (Å²) in [6.07, 6.45) is 0.416. The van der Waals surface area contributed by atoms with Crippen molar-refractivity contribution in [1.29, 1.82) is 0 Å². The average molecular weight is 456 g/mol. The highest BCUT2D eigenvalue weighted by Crippen LogP contribution is 2.37. The number of anilines is 1. The Labute approximate surface area is 199 Å². The highest BCUT2D eigenvalue weighted by Gasteiger charge is 2.35. The Balaban J connectivity index is 1.41. The lowest BCUT2D eigenvalue weighted by molar-refractivity contribution is -0.117. The Kier molecular flexibility index (Phi) is 5.97. The molecular weight excluding hydrogens is 426 g/mol. The molecule has 1 aromatic heterocycles. The van der Waals surface area contributed by atoms with Crippen molar-refractivity contribution in [1.82, 2.24) is 9.55 Å². The number of para-hydroxylation sites is 4. The van der Waals surface area contributed by atoms with Gasteiger partial charge in [-0.3, -0.25) is 4.79 Å². The molecule has 0 aliphatic carbocycles. The van der Waals surface area contributed by atoms with E-state index in [0.29, 0.717) is 31.9 Å². The molecule has 6 nitrogen and oxygen atoms in total. The van der Waals surface area contributed by atoms with Crippen LogP contribution in [-0.4, -0.2) is 35.7 Å². The first-order chi connectivity index (χ1) is 16.5. The summed E-state index contributed by atoms with van der Waals surface area (Å²) in [7, 11) is 1.63. The van der Waals surface area contributed by atoms with Gasteiger partial charge in [0.25, 0.3) is 0 Å². The molecule has 34 heavy (non-hydrogen) atoms. The van der Waals surface area contributed by atoms with Crippen LogP contribution in [0, 0.1) is 13.8 Å². The van der Waals surface area contributed by atoms with Gasteiger partial charge in [0, 0.05) is 18.9 Å². The van der Waals surface area contributed by atoms with Gasteiger partial charge >= 0.3 is 0 Å². The van der Waals surface area contributed by atoms with Gasteiger partial charge in [0.2, 0.25) is 5.91 Å². The van der Waals surface area contributed by atoms with Crippen LogP contribution in [-0.2, 0) is 11.3 Å². The quantitative estimate of drug-likeness (QED) is 0.381. The summed E-state index contributed by atoms with van der Waals surface area (Å²) in [5.74, 6) is 2.60. The molecule has 1 aliphatic heterocycles. The lowest BCUT2D eigenvalue weighted by atomic mass is 10.1. The smallest absolute Gasteiger partial charge is 0.227 e. The molecular formula is C28H29N3O3. The standard InChI is InChI=1S/C28H29N3O3/c1-19-12-13-25(20(2)16-19)34-15-14-30-23-9-5-4-8-22(23)29-28(30)21-17-27(32)31(18-21)24-10-6-7-11-26(24)33-3/h4-13,16,21H,14-15,17-18H2,1-3H3/t21-/m1/s1. The van der Waals surface area contributed by atoms with Gasteiger partial charge in [-0.25, -0.2) is 4.98 Å². The Morgan fingerprint density at radius 1 is 1.00 bits per heavy atom. The van der Waals surface area contributed by atoms with E-state index >= 15 is 0 Å². The number of hydrogen-bond donors (Lipinski definition) is 0. The molecule has 1 saturated heterocycles. The Morgan fingerprint density at radius 3 is 2.62 bits per heavy atom. The second-order valence-electron chi connectivity index (χ2n) is 8.81. The van der Waals surface area contributed by atoms with Crippen LogP contribution in [0.25, 0.3) is 11.0 Å².